The van der Waals surface area contributed by atoms with Gasteiger partial charge in [-0.05, 0) is 42.5 Å². The van der Waals surface area contributed by atoms with Crippen LogP contribution in [0.5, 0.6) is 0 Å². The van der Waals surface area contributed by atoms with E-state index in [1.165, 1.54) is 12.1 Å². The second-order valence-electron chi connectivity index (χ2n) is 7.35. The van der Waals surface area contributed by atoms with E-state index in [1.54, 1.807) is 53.4 Å². The molecule has 1 fully saturated rings. The van der Waals surface area contributed by atoms with Gasteiger partial charge in [-0.1, -0.05) is 47.5 Å². The number of benzene rings is 3. The fraction of sp³-hybridized carbons (Fsp3) is 0.167. The Kier molecular flexibility index (Phi) is 6.63. The monoisotopic (exact) mass is 471 g/mol. The van der Waals surface area contributed by atoms with Crippen LogP contribution in [0.25, 0.3) is 0 Å². The molecule has 1 heterocycles. The Morgan fingerprint density at radius 3 is 2.19 bits per heavy atom. The summed E-state index contributed by atoms with van der Waals surface area (Å²) in [5.41, 5.74) is 1.77. The maximum Gasteiger partial charge on any atom is 0.257 e. The SMILES string of the molecule is O=C(Nc1cc(Cl)ccc1N1CCN(C(=O)c2ccccc2F)CC1)c1ccccc1Cl. The van der Waals surface area contributed by atoms with Crippen LogP contribution in [0.15, 0.2) is 66.7 Å². The van der Waals surface area contributed by atoms with Gasteiger partial charge < -0.3 is 15.1 Å². The molecule has 0 saturated carbocycles. The second-order valence-corrected chi connectivity index (χ2v) is 8.20. The number of carbonyl (C=O) groups excluding carboxylic acids is 2. The number of anilines is 2. The smallest absolute Gasteiger partial charge is 0.257 e. The third-order valence-electron chi connectivity index (χ3n) is 5.34. The quantitative estimate of drug-likeness (QED) is 0.557. The summed E-state index contributed by atoms with van der Waals surface area (Å²) >= 11 is 12.3. The van der Waals surface area contributed by atoms with E-state index in [0.717, 1.165) is 5.69 Å². The molecular formula is C24H20Cl2FN3O2. The van der Waals surface area contributed by atoms with Crippen LogP contribution in [-0.2, 0) is 0 Å². The van der Waals surface area contributed by atoms with E-state index in [4.69, 9.17) is 23.2 Å². The average molecular weight is 472 g/mol. The summed E-state index contributed by atoms with van der Waals surface area (Å²) in [6.07, 6.45) is 0. The molecule has 5 nitrogen and oxygen atoms in total. The van der Waals surface area contributed by atoms with Gasteiger partial charge in [0.15, 0.2) is 0 Å². The lowest BCUT2D eigenvalue weighted by atomic mass is 10.1. The molecule has 0 atom stereocenters. The molecule has 8 heteroatoms. The molecule has 1 N–H and O–H groups in total. The van der Waals surface area contributed by atoms with Crippen molar-refractivity contribution in [2.75, 3.05) is 36.4 Å². The van der Waals surface area contributed by atoms with E-state index < -0.39 is 5.82 Å². The Balaban J connectivity index is 1.49. The topological polar surface area (TPSA) is 52.7 Å². The summed E-state index contributed by atoms with van der Waals surface area (Å²) in [7, 11) is 0. The van der Waals surface area contributed by atoms with Crippen molar-refractivity contribution in [3.63, 3.8) is 0 Å². The minimum atomic E-state index is -0.526. The number of piperazine rings is 1. The van der Waals surface area contributed by atoms with Crippen LogP contribution in [0.1, 0.15) is 20.7 Å². The number of nitrogens with one attached hydrogen (secondary N) is 1. The predicted octanol–water partition coefficient (Wildman–Crippen LogP) is 5.35. The van der Waals surface area contributed by atoms with Gasteiger partial charge in [0.2, 0.25) is 0 Å². The molecule has 0 aromatic heterocycles. The minimum absolute atomic E-state index is 0.0696. The highest BCUT2D eigenvalue weighted by Crippen LogP contribution is 2.31. The van der Waals surface area contributed by atoms with E-state index >= 15 is 0 Å². The van der Waals surface area contributed by atoms with Gasteiger partial charge in [-0.25, -0.2) is 4.39 Å². The van der Waals surface area contributed by atoms with Gasteiger partial charge in [0.25, 0.3) is 11.8 Å². The largest absolute Gasteiger partial charge is 0.366 e. The molecular weight excluding hydrogens is 452 g/mol. The highest BCUT2D eigenvalue weighted by Gasteiger charge is 2.25. The van der Waals surface area contributed by atoms with Crippen LogP contribution in [-0.4, -0.2) is 42.9 Å². The number of hydrogen-bond donors (Lipinski definition) is 1. The molecule has 0 unspecified atom stereocenters. The van der Waals surface area contributed by atoms with Gasteiger partial charge in [0.05, 0.1) is 27.5 Å². The first-order chi connectivity index (χ1) is 15.4. The van der Waals surface area contributed by atoms with Crippen LogP contribution >= 0.6 is 23.2 Å². The van der Waals surface area contributed by atoms with Gasteiger partial charge >= 0.3 is 0 Å². The summed E-state index contributed by atoms with van der Waals surface area (Å²) in [5, 5.41) is 3.73. The molecule has 0 spiro atoms. The molecule has 0 radical (unpaired) electrons. The average Bonchev–Trinajstić information content (AvgIpc) is 2.79. The van der Waals surface area contributed by atoms with E-state index in [-0.39, 0.29) is 17.4 Å². The minimum Gasteiger partial charge on any atom is -0.366 e. The summed E-state index contributed by atoms with van der Waals surface area (Å²) < 4.78 is 14.0. The summed E-state index contributed by atoms with van der Waals surface area (Å²) in [4.78, 5) is 29.1. The fourth-order valence-corrected chi connectivity index (χ4v) is 4.07. The molecule has 2 amide bonds. The number of amides is 2. The van der Waals surface area contributed by atoms with Crippen molar-refractivity contribution in [1.29, 1.82) is 0 Å². The molecule has 1 saturated heterocycles. The lowest BCUT2D eigenvalue weighted by molar-refractivity contribution is 0.0742. The highest BCUT2D eigenvalue weighted by molar-refractivity contribution is 6.34. The molecule has 3 aromatic rings. The number of carbonyl (C=O) groups is 2. The van der Waals surface area contributed by atoms with Crippen molar-refractivity contribution < 1.29 is 14.0 Å². The Morgan fingerprint density at radius 2 is 1.50 bits per heavy atom. The number of hydrogen-bond acceptors (Lipinski definition) is 3. The van der Waals surface area contributed by atoms with E-state index in [0.29, 0.717) is 47.5 Å². The second kappa shape index (κ2) is 9.59. The molecule has 4 rings (SSSR count). The summed E-state index contributed by atoms with van der Waals surface area (Å²) in [6.45, 7) is 1.90. The summed E-state index contributed by atoms with van der Waals surface area (Å²) in [6, 6.07) is 18.0. The van der Waals surface area contributed by atoms with Crippen molar-refractivity contribution in [1.82, 2.24) is 4.90 Å². The number of rotatable bonds is 4. The van der Waals surface area contributed by atoms with Gasteiger partial charge in [0.1, 0.15) is 5.82 Å². The zero-order chi connectivity index (χ0) is 22.7. The third kappa shape index (κ3) is 4.71. The zero-order valence-corrected chi connectivity index (χ0v) is 18.5. The van der Waals surface area contributed by atoms with Gasteiger partial charge in [-0.3, -0.25) is 9.59 Å². The van der Waals surface area contributed by atoms with Crippen molar-refractivity contribution in [3.05, 3.63) is 93.7 Å². The first-order valence-electron chi connectivity index (χ1n) is 10.1. The van der Waals surface area contributed by atoms with Crippen molar-refractivity contribution in [3.8, 4) is 0 Å². The van der Waals surface area contributed by atoms with Gasteiger partial charge in [-0.15, -0.1) is 0 Å². The first kappa shape index (κ1) is 22.1. The predicted molar refractivity (Wildman–Crippen MR) is 125 cm³/mol. The number of halogens is 3. The zero-order valence-electron chi connectivity index (χ0n) is 17.0. The summed E-state index contributed by atoms with van der Waals surface area (Å²) in [5.74, 6) is -1.19. The molecule has 1 aliphatic rings. The Morgan fingerprint density at radius 1 is 0.844 bits per heavy atom. The van der Waals surface area contributed by atoms with E-state index in [2.05, 4.69) is 10.2 Å². The first-order valence-corrected chi connectivity index (χ1v) is 10.8. The molecule has 1 aliphatic heterocycles. The normalized spacial score (nSPS) is 13.7. The van der Waals surface area contributed by atoms with Crippen molar-refractivity contribution in [2.45, 2.75) is 0 Å². The maximum atomic E-state index is 14.0. The van der Waals surface area contributed by atoms with E-state index in [9.17, 15) is 14.0 Å². The van der Waals surface area contributed by atoms with Crippen LogP contribution in [0, 0.1) is 5.82 Å². The maximum absolute atomic E-state index is 14.0. The standard InChI is InChI=1S/C24H20Cl2FN3O2/c25-16-9-10-22(21(15-16)28-23(31)17-5-1-3-7-19(17)26)29-11-13-30(14-12-29)24(32)18-6-2-4-8-20(18)27/h1-10,15H,11-14H2,(H,28,31). The van der Waals surface area contributed by atoms with Gasteiger partial charge in [-0.2, -0.15) is 0 Å². The molecule has 3 aromatic carbocycles. The molecule has 0 aliphatic carbocycles. The fourth-order valence-electron chi connectivity index (χ4n) is 3.67. The Hall–Kier alpha value is -3.09. The van der Waals surface area contributed by atoms with Crippen molar-refractivity contribution >= 4 is 46.4 Å². The number of nitrogens with zero attached hydrogens (tertiary/aromatic N) is 2. The van der Waals surface area contributed by atoms with Crippen LogP contribution in [0.2, 0.25) is 10.0 Å². The third-order valence-corrected chi connectivity index (χ3v) is 5.90. The Bertz CT molecular complexity index is 1160. The van der Waals surface area contributed by atoms with Crippen LogP contribution in [0.4, 0.5) is 15.8 Å². The van der Waals surface area contributed by atoms with Crippen molar-refractivity contribution in [2.24, 2.45) is 0 Å². The molecule has 32 heavy (non-hydrogen) atoms. The molecule has 164 valence electrons. The van der Waals surface area contributed by atoms with Crippen LogP contribution in [0.3, 0.4) is 0 Å². The highest BCUT2D eigenvalue weighted by atomic mass is 35.5. The van der Waals surface area contributed by atoms with Crippen LogP contribution < -0.4 is 10.2 Å². The lowest BCUT2D eigenvalue weighted by Crippen LogP contribution is -2.49. The molecule has 0 bridgehead atoms. The van der Waals surface area contributed by atoms with Gasteiger partial charge in [0, 0.05) is 31.2 Å². The lowest BCUT2D eigenvalue weighted by Gasteiger charge is -2.37. The Labute approximate surface area is 195 Å². The van der Waals surface area contributed by atoms with E-state index in [1.807, 2.05) is 6.07 Å².